The lowest BCUT2D eigenvalue weighted by atomic mass is 10.0. The van der Waals surface area contributed by atoms with E-state index in [1.54, 1.807) is 18.2 Å². The highest BCUT2D eigenvalue weighted by Gasteiger charge is 2.08. The Morgan fingerprint density at radius 2 is 1.71 bits per heavy atom. The number of hydrogen-bond donors (Lipinski definition) is 1. The van der Waals surface area contributed by atoms with E-state index in [1.165, 1.54) is 23.6 Å². The van der Waals surface area contributed by atoms with Crippen LogP contribution in [0.15, 0.2) is 72.8 Å². The van der Waals surface area contributed by atoms with E-state index in [9.17, 15) is 9.18 Å². The number of carbonyl (C=O) groups excluding carboxylic acids is 1. The molecule has 24 heavy (non-hydrogen) atoms. The topological polar surface area (TPSA) is 29.1 Å². The highest BCUT2D eigenvalue weighted by Crippen LogP contribution is 2.20. The Morgan fingerprint density at radius 1 is 1.00 bits per heavy atom. The Bertz CT molecular complexity index is 884. The quantitative estimate of drug-likeness (QED) is 0.683. The molecule has 0 saturated heterocycles. The minimum atomic E-state index is -0.290. The number of rotatable bonds is 4. The molecule has 2 nitrogen and oxygen atoms in total. The van der Waals surface area contributed by atoms with Gasteiger partial charge in [0.2, 0.25) is 5.91 Å². The van der Waals surface area contributed by atoms with Gasteiger partial charge in [0.1, 0.15) is 5.82 Å². The van der Waals surface area contributed by atoms with Crippen molar-refractivity contribution in [3.63, 3.8) is 0 Å². The molecule has 1 atom stereocenters. The van der Waals surface area contributed by atoms with Crippen LogP contribution in [-0.2, 0) is 4.79 Å². The maximum Gasteiger partial charge on any atom is 0.244 e. The number of fused-ring (bicyclic) bond motifs is 1. The van der Waals surface area contributed by atoms with Crippen molar-refractivity contribution in [2.24, 2.45) is 0 Å². The Kier molecular flexibility index (Phi) is 4.71. The smallest absolute Gasteiger partial charge is 0.244 e. The molecule has 0 unspecified atom stereocenters. The Morgan fingerprint density at radius 3 is 2.46 bits per heavy atom. The normalized spacial score (nSPS) is 12.4. The predicted molar refractivity (Wildman–Crippen MR) is 95.9 cm³/mol. The van der Waals surface area contributed by atoms with Gasteiger partial charge in [-0.3, -0.25) is 4.79 Å². The van der Waals surface area contributed by atoms with E-state index in [4.69, 9.17) is 0 Å². The van der Waals surface area contributed by atoms with E-state index in [2.05, 4.69) is 29.6 Å². The Labute approximate surface area is 140 Å². The highest BCUT2D eigenvalue weighted by molar-refractivity contribution is 5.92. The molecule has 0 spiro atoms. The monoisotopic (exact) mass is 319 g/mol. The van der Waals surface area contributed by atoms with Crippen molar-refractivity contribution in [1.29, 1.82) is 0 Å². The lowest BCUT2D eigenvalue weighted by Crippen LogP contribution is -2.24. The maximum absolute atomic E-state index is 12.9. The average molecular weight is 319 g/mol. The van der Waals surface area contributed by atoms with Gasteiger partial charge in [-0.1, -0.05) is 48.5 Å². The van der Waals surface area contributed by atoms with Crippen LogP contribution in [0.25, 0.3) is 16.8 Å². The van der Waals surface area contributed by atoms with Gasteiger partial charge >= 0.3 is 0 Å². The molecule has 0 bridgehead atoms. The summed E-state index contributed by atoms with van der Waals surface area (Å²) in [5.74, 6) is -0.471. The van der Waals surface area contributed by atoms with Crippen LogP contribution in [0, 0.1) is 5.82 Å². The first-order chi connectivity index (χ1) is 11.6. The summed E-state index contributed by atoms with van der Waals surface area (Å²) in [6, 6.07) is 20.2. The molecule has 3 aromatic carbocycles. The van der Waals surface area contributed by atoms with Gasteiger partial charge in [0, 0.05) is 6.08 Å². The zero-order valence-electron chi connectivity index (χ0n) is 13.4. The molecule has 0 saturated carbocycles. The number of halogens is 1. The van der Waals surface area contributed by atoms with Crippen molar-refractivity contribution < 1.29 is 9.18 Å². The standard InChI is InChI=1S/C21H18FNO/c1-15(18-10-9-17-4-2-3-5-19(17)14-18)23-21(24)13-8-16-6-11-20(22)12-7-16/h2-15H,1H3,(H,23,24)/b13-8+/t15-/m1/s1. The first-order valence-corrected chi connectivity index (χ1v) is 7.85. The summed E-state index contributed by atoms with van der Waals surface area (Å²) in [4.78, 5) is 12.1. The third kappa shape index (κ3) is 3.87. The van der Waals surface area contributed by atoms with E-state index in [1.807, 2.05) is 25.1 Å². The molecule has 1 amide bonds. The fourth-order valence-electron chi connectivity index (χ4n) is 2.57. The molecule has 120 valence electrons. The molecule has 3 rings (SSSR count). The van der Waals surface area contributed by atoms with E-state index in [-0.39, 0.29) is 17.8 Å². The molecule has 0 aliphatic heterocycles. The lowest BCUT2D eigenvalue weighted by Gasteiger charge is -2.13. The van der Waals surface area contributed by atoms with Crippen molar-refractivity contribution in [2.45, 2.75) is 13.0 Å². The third-order valence-electron chi connectivity index (χ3n) is 3.93. The van der Waals surface area contributed by atoms with Crippen LogP contribution < -0.4 is 5.32 Å². The Hall–Kier alpha value is -2.94. The van der Waals surface area contributed by atoms with Gasteiger partial charge in [0.25, 0.3) is 0 Å². The second-order valence-corrected chi connectivity index (χ2v) is 5.72. The summed E-state index contributed by atoms with van der Waals surface area (Å²) < 4.78 is 12.9. The maximum atomic E-state index is 12.9. The number of carbonyl (C=O) groups is 1. The van der Waals surface area contributed by atoms with Crippen LogP contribution in [-0.4, -0.2) is 5.91 Å². The van der Waals surface area contributed by atoms with Gasteiger partial charge in [0.15, 0.2) is 0 Å². The lowest BCUT2D eigenvalue weighted by molar-refractivity contribution is -0.117. The summed E-state index contributed by atoms with van der Waals surface area (Å²) in [5, 5.41) is 5.27. The van der Waals surface area contributed by atoms with Gasteiger partial charge in [-0.05, 0) is 53.1 Å². The zero-order chi connectivity index (χ0) is 16.9. The van der Waals surface area contributed by atoms with Gasteiger partial charge in [-0.25, -0.2) is 4.39 Å². The minimum absolute atomic E-state index is 0.0972. The number of hydrogen-bond acceptors (Lipinski definition) is 1. The van der Waals surface area contributed by atoms with Gasteiger partial charge in [-0.15, -0.1) is 0 Å². The first-order valence-electron chi connectivity index (χ1n) is 7.85. The van der Waals surface area contributed by atoms with Crippen LogP contribution >= 0.6 is 0 Å². The van der Waals surface area contributed by atoms with Crippen molar-refractivity contribution in [3.8, 4) is 0 Å². The van der Waals surface area contributed by atoms with Gasteiger partial charge < -0.3 is 5.32 Å². The molecule has 3 aromatic rings. The van der Waals surface area contributed by atoms with Gasteiger partial charge in [-0.2, -0.15) is 0 Å². The molecule has 3 heteroatoms. The van der Waals surface area contributed by atoms with Crippen molar-refractivity contribution in [1.82, 2.24) is 5.32 Å². The van der Waals surface area contributed by atoms with Crippen LogP contribution in [0.1, 0.15) is 24.1 Å². The van der Waals surface area contributed by atoms with Crippen molar-refractivity contribution >= 4 is 22.8 Å². The van der Waals surface area contributed by atoms with E-state index in [0.717, 1.165) is 16.5 Å². The van der Waals surface area contributed by atoms with Gasteiger partial charge in [0.05, 0.1) is 6.04 Å². The summed E-state index contributed by atoms with van der Waals surface area (Å²) in [6.07, 6.45) is 3.13. The van der Waals surface area contributed by atoms with Crippen molar-refractivity contribution in [3.05, 3.63) is 89.8 Å². The van der Waals surface area contributed by atoms with Crippen LogP contribution in [0.4, 0.5) is 4.39 Å². The molecular weight excluding hydrogens is 301 g/mol. The molecule has 0 aliphatic rings. The minimum Gasteiger partial charge on any atom is -0.346 e. The predicted octanol–water partition coefficient (Wildman–Crippen LogP) is 4.87. The van der Waals surface area contributed by atoms with Crippen LogP contribution in [0.3, 0.4) is 0 Å². The molecule has 0 aromatic heterocycles. The van der Waals surface area contributed by atoms with E-state index >= 15 is 0 Å². The third-order valence-corrected chi connectivity index (χ3v) is 3.93. The average Bonchev–Trinajstić information content (AvgIpc) is 2.61. The molecule has 0 aliphatic carbocycles. The molecule has 1 N–H and O–H groups in total. The second kappa shape index (κ2) is 7.09. The largest absolute Gasteiger partial charge is 0.346 e. The fraction of sp³-hybridized carbons (Fsp3) is 0.0952. The SMILES string of the molecule is C[C@@H](NC(=O)/C=C/c1ccc(F)cc1)c1ccc2ccccc2c1. The highest BCUT2D eigenvalue weighted by atomic mass is 19.1. The second-order valence-electron chi connectivity index (χ2n) is 5.72. The summed E-state index contributed by atoms with van der Waals surface area (Å²) in [5.41, 5.74) is 1.84. The molecule has 0 heterocycles. The van der Waals surface area contributed by atoms with Crippen LogP contribution in [0.5, 0.6) is 0 Å². The first kappa shape index (κ1) is 15.9. The molecular formula is C21H18FNO. The fourth-order valence-corrected chi connectivity index (χ4v) is 2.57. The number of amides is 1. The van der Waals surface area contributed by atoms with Crippen LogP contribution in [0.2, 0.25) is 0 Å². The summed E-state index contributed by atoms with van der Waals surface area (Å²) >= 11 is 0. The zero-order valence-corrected chi connectivity index (χ0v) is 13.4. The number of nitrogens with one attached hydrogen (secondary N) is 1. The van der Waals surface area contributed by atoms with E-state index < -0.39 is 0 Å². The summed E-state index contributed by atoms with van der Waals surface area (Å²) in [7, 11) is 0. The molecule has 0 radical (unpaired) electrons. The van der Waals surface area contributed by atoms with Crippen molar-refractivity contribution in [2.75, 3.05) is 0 Å². The summed E-state index contributed by atoms with van der Waals surface area (Å²) in [6.45, 7) is 1.95. The van der Waals surface area contributed by atoms with E-state index in [0.29, 0.717) is 0 Å². The Balaban J connectivity index is 1.67. The molecule has 0 fully saturated rings. The number of benzene rings is 3.